The monoisotopic (exact) mass is 397 g/mol. The standard InChI is InChI=1S/C24H19N3O3/c25-13-17-7-1-2-8-18(17)16-30-24-12-6-4-10-20(24)22(15-27(28)29)21-14-26-23-11-5-3-9-19(21)23/h1-12,14,22,26H,15-16H2/t22-/m0/s1. The van der Waals surface area contributed by atoms with Crippen LogP contribution in [0.4, 0.5) is 0 Å². The fraction of sp³-hybridized carbons (Fsp3) is 0.125. The summed E-state index contributed by atoms with van der Waals surface area (Å²) in [5.74, 6) is 0.0981. The van der Waals surface area contributed by atoms with E-state index in [1.54, 1.807) is 12.1 Å². The molecule has 1 heterocycles. The van der Waals surface area contributed by atoms with Crippen LogP contribution < -0.4 is 4.74 Å². The maximum absolute atomic E-state index is 11.5. The highest BCUT2D eigenvalue weighted by Crippen LogP contribution is 2.36. The van der Waals surface area contributed by atoms with E-state index in [0.717, 1.165) is 27.6 Å². The summed E-state index contributed by atoms with van der Waals surface area (Å²) in [5.41, 5.74) is 3.85. The van der Waals surface area contributed by atoms with Gasteiger partial charge in [0.2, 0.25) is 6.54 Å². The van der Waals surface area contributed by atoms with Crippen molar-refractivity contribution in [2.75, 3.05) is 6.54 Å². The van der Waals surface area contributed by atoms with Crippen LogP contribution in [0.2, 0.25) is 0 Å². The van der Waals surface area contributed by atoms with Crippen molar-refractivity contribution < 1.29 is 9.66 Å². The van der Waals surface area contributed by atoms with E-state index in [1.807, 2.05) is 66.9 Å². The molecule has 0 amide bonds. The Morgan fingerprint density at radius 1 is 1.00 bits per heavy atom. The number of nitriles is 1. The van der Waals surface area contributed by atoms with E-state index in [1.165, 1.54) is 0 Å². The molecule has 0 bridgehead atoms. The lowest BCUT2D eigenvalue weighted by atomic mass is 9.90. The number of benzene rings is 3. The summed E-state index contributed by atoms with van der Waals surface area (Å²) >= 11 is 0. The van der Waals surface area contributed by atoms with Gasteiger partial charge in [0, 0.05) is 33.1 Å². The summed E-state index contributed by atoms with van der Waals surface area (Å²) in [6.45, 7) is -0.0448. The Labute approximate surface area is 173 Å². The van der Waals surface area contributed by atoms with Crippen molar-refractivity contribution in [3.8, 4) is 11.8 Å². The molecule has 0 aliphatic heterocycles. The lowest BCUT2D eigenvalue weighted by Gasteiger charge is -2.18. The molecule has 148 valence electrons. The molecular formula is C24H19N3O3. The smallest absolute Gasteiger partial charge is 0.214 e. The van der Waals surface area contributed by atoms with Gasteiger partial charge < -0.3 is 9.72 Å². The maximum Gasteiger partial charge on any atom is 0.214 e. The molecule has 1 atom stereocenters. The Balaban J connectivity index is 1.72. The highest BCUT2D eigenvalue weighted by Gasteiger charge is 2.26. The zero-order valence-corrected chi connectivity index (χ0v) is 16.1. The van der Waals surface area contributed by atoms with Crippen molar-refractivity contribution in [1.82, 2.24) is 4.98 Å². The first-order valence-electron chi connectivity index (χ1n) is 9.55. The van der Waals surface area contributed by atoms with Crippen molar-refractivity contribution in [2.45, 2.75) is 12.5 Å². The Bertz CT molecular complexity index is 1240. The summed E-state index contributed by atoms with van der Waals surface area (Å²) in [4.78, 5) is 14.4. The number of nitrogens with zero attached hydrogens (tertiary/aromatic N) is 2. The average molecular weight is 397 g/mol. The van der Waals surface area contributed by atoms with E-state index in [-0.39, 0.29) is 18.1 Å². The molecule has 4 rings (SSSR count). The van der Waals surface area contributed by atoms with Crippen molar-refractivity contribution >= 4 is 10.9 Å². The lowest BCUT2D eigenvalue weighted by molar-refractivity contribution is -0.481. The number of para-hydroxylation sites is 2. The largest absolute Gasteiger partial charge is 0.489 e. The van der Waals surface area contributed by atoms with Crippen LogP contribution in [0.5, 0.6) is 5.75 Å². The summed E-state index contributed by atoms with van der Waals surface area (Å²) in [7, 11) is 0. The van der Waals surface area contributed by atoms with Crippen molar-refractivity contribution in [3.05, 3.63) is 111 Å². The maximum atomic E-state index is 11.5. The molecule has 0 saturated carbocycles. The second-order valence-electron chi connectivity index (χ2n) is 6.95. The SMILES string of the molecule is N#Cc1ccccc1COc1ccccc1[C@H](C[N+](=O)[O-])c1c[nH]c2ccccc12. The van der Waals surface area contributed by atoms with Crippen molar-refractivity contribution in [1.29, 1.82) is 5.26 Å². The van der Waals surface area contributed by atoms with Crippen LogP contribution in [0.15, 0.2) is 79.0 Å². The second kappa shape index (κ2) is 8.50. The number of hydrogen-bond acceptors (Lipinski definition) is 4. The highest BCUT2D eigenvalue weighted by molar-refractivity contribution is 5.84. The van der Waals surface area contributed by atoms with Gasteiger partial charge in [0.1, 0.15) is 12.4 Å². The predicted molar refractivity (Wildman–Crippen MR) is 114 cm³/mol. The zero-order chi connectivity index (χ0) is 20.9. The van der Waals surface area contributed by atoms with Gasteiger partial charge in [-0.15, -0.1) is 0 Å². The number of fused-ring (bicyclic) bond motifs is 1. The average Bonchev–Trinajstić information content (AvgIpc) is 3.20. The molecule has 0 unspecified atom stereocenters. The number of rotatable bonds is 7. The second-order valence-corrected chi connectivity index (χ2v) is 6.95. The van der Waals surface area contributed by atoms with Crippen LogP contribution in [0.25, 0.3) is 10.9 Å². The van der Waals surface area contributed by atoms with Crippen LogP contribution in [0, 0.1) is 21.4 Å². The summed E-state index contributed by atoms with van der Waals surface area (Å²) in [5, 5.41) is 21.8. The van der Waals surface area contributed by atoms with Gasteiger partial charge in [-0.25, -0.2) is 0 Å². The number of hydrogen-bond donors (Lipinski definition) is 1. The third-order valence-corrected chi connectivity index (χ3v) is 5.14. The van der Waals surface area contributed by atoms with E-state index >= 15 is 0 Å². The fourth-order valence-corrected chi connectivity index (χ4v) is 3.71. The predicted octanol–water partition coefficient (Wildman–Crippen LogP) is 5.03. The van der Waals surface area contributed by atoms with Gasteiger partial charge in [-0.2, -0.15) is 5.26 Å². The number of nitrogens with one attached hydrogen (secondary N) is 1. The first-order chi connectivity index (χ1) is 14.7. The number of H-pyrrole nitrogens is 1. The van der Waals surface area contributed by atoms with E-state index in [4.69, 9.17) is 4.74 Å². The van der Waals surface area contributed by atoms with E-state index in [2.05, 4.69) is 11.1 Å². The normalized spacial score (nSPS) is 11.7. The first-order valence-corrected chi connectivity index (χ1v) is 9.55. The third-order valence-electron chi connectivity index (χ3n) is 5.14. The number of nitro groups is 1. The molecule has 1 N–H and O–H groups in total. The van der Waals surface area contributed by atoms with Crippen molar-refractivity contribution in [2.24, 2.45) is 0 Å². The topological polar surface area (TPSA) is 91.9 Å². The van der Waals surface area contributed by atoms with E-state index < -0.39 is 5.92 Å². The fourth-order valence-electron chi connectivity index (χ4n) is 3.71. The minimum atomic E-state index is -0.474. The first kappa shape index (κ1) is 19.2. The molecule has 0 aliphatic carbocycles. The highest BCUT2D eigenvalue weighted by atomic mass is 16.6. The van der Waals surface area contributed by atoms with E-state index in [0.29, 0.717) is 11.3 Å². The van der Waals surface area contributed by atoms with Gasteiger partial charge in [0.15, 0.2) is 0 Å². The van der Waals surface area contributed by atoms with Crippen LogP contribution in [0.1, 0.15) is 28.2 Å². The molecule has 4 aromatic rings. The van der Waals surface area contributed by atoms with Gasteiger partial charge in [-0.3, -0.25) is 10.1 Å². The molecule has 0 spiro atoms. The summed E-state index contributed by atoms with van der Waals surface area (Å²) < 4.78 is 6.05. The molecule has 0 radical (unpaired) electrons. The number of aromatic nitrogens is 1. The molecule has 0 saturated heterocycles. The molecule has 30 heavy (non-hydrogen) atoms. The molecule has 6 nitrogen and oxygen atoms in total. The Morgan fingerprint density at radius 2 is 1.73 bits per heavy atom. The molecule has 1 aromatic heterocycles. The lowest BCUT2D eigenvalue weighted by Crippen LogP contribution is -2.15. The zero-order valence-electron chi connectivity index (χ0n) is 16.1. The summed E-state index contributed by atoms with van der Waals surface area (Å²) in [6.07, 6.45) is 1.83. The molecule has 0 fully saturated rings. The molecular weight excluding hydrogens is 378 g/mol. The van der Waals surface area contributed by atoms with Gasteiger partial charge in [-0.1, -0.05) is 54.6 Å². The van der Waals surface area contributed by atoms with Crippen LogP contribution in [-0.2, 0) is 6.61 Å². The van der Waals surface area contributed by atoms with Crippen LogP contribution >= 0.6 is 0 Å². The van der Waals surface area contributed by atoms with Crippen molar-refractivity contribution in [3.63, 3.8) is 0 Å². The van der Waals surface area contributed by atoms with Crippen LogP contribution in [-0.4, -0.2) is 16.5 Å². The van der Waals surface area contributed by atoms with E-state index in [9.17, 15) is 15.4 Å². The molecule has 0 aliphatic rings. The number of ether oxygens (including phenoxy) is 1. The van der Waals surface area contributed by atoms with Gasteiger partial charge in [-0.05, 0) is 23.8 Å². The third kappa shape index (κ3) is 3.87. The Hall–Kier alpha value is -4.11. The van der Waals surface area contributed by atoms with Crippen LogP contribution in [0.3, 0.4) is 0 Å². The van der Waals surface area contributed by atoms with Gasteiger partial charge in [0.25, 0.3) is 0 Å². The molecule has 6 heteroatoms. The quantitative estimate of drug-likeness (QED) is 0.350. The van der Waals surface area contributed by atoms with Gasteiger partial charge >= 0.3 is 0 Å². The minimum absolute atomic E-state index is 0.208. The number of aromatic amines is 1. The minimum Gasteiger partial charge on any atom is -0.489 e. The Morgan fingerprint density at radius 3 is 2.57 bits per heavy atom. The molecule has 3 aromatic carbocycles. The summed E-state index contributed by atoms with van der Waals surface area (Å²) in [6, 6.07) is 24.5. The van der Waals surface area contributed by atoms with Gasteiger partial charge in [0.05, 0.1) is 17.6 Å². The Kier molecular flexibility index (Phi) is 5.44.